The van der Waals surface area contributed by atoms with Crippen LogP contribution < -0.4 is 5.32 Å². The van der Waals surface area contributed by atoms with Crippen LogP contribution in [0.3, 0.4) is 0 Å². The first kappa shape index (κ1) is 26.1. The summed E-state index contributed by atoms with van der Waals surface area (Å²) < 4.78 is 0. The van der Waals surface area contributed by atoms with Gasteiger partial charge in [-0.25, -0.2) is 0 Å². The van der Waals surface area contributed by atoms with Crippen LogP contribution >= 0.6 is 11.6 Å². The SMILES string of the molecule is CCC(=O)c1ccc(C[C@@H](CNC(=O)C[C@@H](c2ccccc2)C(C)(C)C)N(C)C)cc1Cl. The summed E-state index contributed by atoms with van der Waals surface area (Å²) in [5.41, 5.74) is 2.79. The minimum atomic E-state index is -0.0198. The molecule has 0 saturated heterocycles. The van der Waals surface area contributed by atoms with Crippen LogP contribution in [0.5, 0.6) is 0 Å². The van der Waals surface area contributed by atoms with Crippen LogP contribution in [-0.4, -0.2) is 43.3 Å². The summed E-state index contributed by atoms with van der Waals surface area (Å²) in [4.78, 5) is 27.0. The highest BCUT2D eigenvalue weighted by atomic mass is 35.5. The van der Waals surface area contributed by atoms with E-state index in [1.807, 2.05) is 57.4 Å². The topological polar surface area (TPSA) is 49.4 Å². The lowest BCUT2D eigenvalue weighted by Gasteiger charge is -2.31. The second kappa shape index (κ2) is 11.6. The summed E-state index contributed by atoms with van der Waals surface area (Å²) in [7, 11) is 4.02. The maximum Gasteiger partial charge on any atom is 0.220 e. The maximum absolute atomic E-state index is 12.9. The average molecular weight is 457 g/mol. The lowest BCUT2D eigenvalue weighted by Crippen LogP contribution is -2.42. The van der Waals surface area contributed by atoms with Crippen LogP contribution in [0.15, 0.2) is 48.5 Å². The number of halogens is 1. The van der Waals surface area contributed by atoms with Gasteiger partial charge in [0.15, 0.2) is 5.78 Å². The fourth-order valence-electron chi connectivity index (χ4n) is 3.91. The highest BCUT2D eigenvalue weighted by Crippen LogP contribution is 2.37. The Morgan fingerprint density at radius 2 is 1.72 bits per heavy atom. The molecule has 0 aliphatic heterocycles. The number of amides is 1. The zero-order valence-electron chi connectivity index (χ0n) is 20.2. The Bertz CT molecular complexity index is 904. The molecule has 2 atom stereocenters. The number of hydrogen-bond donors (Lipinski definition) is 1. The monoisotopic (exact) mass is 456 g/mol. The Morgan fingerprint density at radius 1 is 1.06 bits per heavy atom. The molecule has 0 bridgehead atoms. The molecule has 0 saturated carbocycles. The Balaban J connectivity index is 2.03. The molecule has 1 N–H and O–H groups in total. The predicted octanol–water partition coefficient (Wildman–Crippen LogP) is 5.74. The van der Waals surface area contributed by atoms with E-state index in [9.17, 15) is 9.59 Å². The third kappa shape index (κ3) is 7.46. The van der Waals surface area contributed by atoms with E-state index in [-0.39, 0.29) is 29.1 Å². The van der Waals surface area contributed by atoms with Gasteiger partial charge in [0, 0.05) is 31.0 Å². The molecule has 2 aromatic rings. The van der Waals surface area contributed by atoms with E-state index < -0.39 is 0 Å². The standard InChI is InChI=1S/C27H37ClN2O2/c1-7-25(31)22-14-13-19(16-24(22)28)15-21(30(5)6)18-29-26(32)17-23(27(2,3)4)20-11-9-8-10-12-20/h8-14,16,21,23H,7,15,17-18H2,1-6H3,(H,29,32)/t21-,23-/m0/s1. The average Bonchev–Trinajstić information content (AvgIpc) is 2.74. The molecule has 0 aliphatic carbocycles. The number of carbonyl (C=O) groups is 2. The summed E-state index contributed by atoms with van der Waals surface area (Å²) in [6, 6.07) is 16.0. The van der Waals surface area contributed by atoms with Crippen LogP contribution in [0, 0.1) is 5.41 Å². The zero-order valence-corrected chi connectivity index (χ0v) is 21.0. The molecule has 0 radical (unpaired) electrons. The van der Waals surface area contributed by atoms with Gasteiger partial charge in [0.25, 0.3) is 0 Å². The Hall–Kier alpha value is -2.17. The Labute approximate surface area is 198 Å². The number of nitrogens with one attached hydrogen (secondary N) is 1. The third-order valence-corrected chi connectivity index (χ3v) is 6.34. The summed E-state index contributed by atoms with van der Waals surface area (Å²) >= 11 is 6.35. The molecule has 0 unspecified atom stereocenters. The number of likely N-dealkylation sites (N-methyl/N-ethyl adjacent to an activating group) is 1. The molecule has 0 heterocycles. The highest BCUT2D eigenvalue weighted by molar-refractivity contribution is 6.34. The van der Waals surface area contributed by atoms with Crippen molar-refractivity contribution in [1.82, 2.24) is 10.2 Å². The molecule has 2 rings (SSSR count). The van der Waals surface area contributed by atoms with E-state index >= 15 is 0 Å². The largest absolute Gasteiger partial charge is 0.355 e. The van der Waals surface area contributed by atoms with Crippen molar-refractivity contribution in [2.24, 2.45) is 5.41 Å². The molecular formula is C27H37ClN2O2. The number of ketones is 1. The summed E-state index contributed by atoms with van der Waals surface area (Å²) in [6.45, 7) is 8.91. The summed E-state index contributed by atoms with van der Waals surface area (Å²) in [5, 5.41) is 3.63. The molecule has 0 fully saturated rings. The second-order valence-corrected chi connectivity index (χ2v) is 10.2. The van der Waals surface area contributed by atoms with Crippen molar-refractivity contribution >= 4 is 23.3 Å². The minimum Gasteiger partial charge on any atom is -0.355 e. The molecule has 0 spiro atoms. The van der Waals surface area contributed by atoms with Gasteiger partial charge in [0.2, 0.25) is 5.91 Å². The molecule has 32 heavy (non-hydrogen) atoms. The molecule has 0 aromatic heterocycles. The van der Waals surface area contributed by atoms with E-state index in [2.05, 4.69) is 43.1 Å². The van der Waals surface area contributed by atoms with Crippen molar-refractivity contribution in [2.45, 2.75) is 58.9 Å². The van der Waals surface area contributed by atoms with Gasteiger partial charge in [-0.2, -0.15) is 0 Å². The fraction of sp³-hybridized carbons (Fsp3) is 0.481. The van der Waals surface area contributed by atoms with E-state index in [4.69, 9.17) is 11.6 Å². The van der Waals surface area contributed by atoms with Crippen LogP contribution in [-0.2, 0) is 11.2 Å². The highest BCUT2D eigenvalue weighted by Gasteiger charge is 2.28. The number of carbonyl (C=O) groups excluding carboxylic acids is 2. The number of rotatable bonds is 10. The van der Waals surface area contributed by atoms with Crippen LogP contribution in [0.2, 0.25) is 5.02 Å². The van der Waals surface area contributed by atoms with E-state index in [0.29, 0.717) is 30.0 Å². The van der Waals surface area contributed by atoms with Gasteiger partial charge in [-0.15, -0.1) is 0 Å². The number of benzene rings is 2. The first-order valence-electron chi connectivity index (χ1n) is 11.3. The summed E-state index contributed by atoms with van der Waals surface area (Å²) in [5.74, 6) is 0.247. The van der Waals surface area contributed by atoms with Crippen molar-refractivity contribution < 1.29 is 9.59 Å². The summed E-state index contributed by atoms with van der Waals surface area (Å²) in [6.07, 6.45) is 1.62. The van der Waals surface area contributed by atoms with Crippen molar-refractivity contribution in [3.8, 4) is 0 Å². The van der Waals surface area contributed by atoms with Gasteiger partial charge in [-0.1, -0.05) is 75.7 Å². The molecule has 0 aliphatic rings. The van der Waals surface area contributed by atoms with Gasteiger partial charge in [-0.3, -0.25) is 9.59 Å². The lowest BCUT2D eigenvalue weighted by molar-refractivity contribution is -0.122. The van der Waals surface area contributed by atoms with Crippen LogP contribution in [0.25, 0.3) is 0 Å². The predicted molar refractivity (Wildman–Crippen MR) is 134 cm³/mol. The molecule has 4 nitrogen and oxygen atoms in total. The molecule has 5 heteroatoms. The van der Waals surface area contributed by atoms with Gasteiger partial charge >= 0.3 is 0 Å². The zero-order chi connectivity index (χ0) is 23.9. The van der Waals surface area contributed by atoms with E-state index in [0.717, 1.165) is 12.0 Å². The van der Waals surface area contributed by atoms with Crippen LogP contribution in [0.4, 0.5) is 0 Å². The quantitative estimate of drug-likeness (QED) is 0.463. The van der Waals surface area contributed by atoms with Crippen molar-refractivity contribution in [3.05, 3.63) is 70.2 Å². The molecular weight excluding hydrogens is 420 g/mol. The van der Waals surface area contributed by atoms with Gasteiger partial charge in [0.05, 0.1) is 5.02 Å². The lowest BCUT2D eigenvalue weighted by atomic mass is 9.74. The second-order valence-electron chi connectivity index (χ2n) is 9.75. The normalized spacial score (nSPS) is 13.6. The van der Waals surface area contributed by atoms with Crippen LogP contribution in [0.1, 0.15) is 67.9 Å². The van der Waals surface area contributed by atoms with E-state index in [1.165, 1.54) is 5.56 Å². The van der Waals surface area contributed by atoms with Crippen molar-refractivity contribution in [3.63, 3.8) is 0 Å². The number of Topliss-reactive ketones (excluding diaryl/α,β-unsaturated/α-hetero) is 1. The van der Waals surface area contributed by atoms with Crippen molar-refractivity contribution in [2.75, 3.05) is 20.6 Å². The fourth-order valence-corrected chi connectivity index (χ4v) is 4.22. The Morgan fingerprint density at radius 3 is 2.25 bits per heavy atom. The first-order chi connectivity index (χ1) is 15.0. The third-order valence-electron chi connectivity index (χ3n) is 6.03. The van der Waals surface area contributed by atoms with Crippen molar-refractivity contribution in [1.29, 1.82) is 0 Å². The Kier molecular flexibility index (Phi) is 9.47. The minimum absolute atomic E-state index is 0.0198. The molecule has 174 valence electrons. The van der Waals surface area contributed by atoms with Gasteiger partial charge < -0.3 is 10.2 Å². The number of hydrogen-bond acceptors (Lipinski definition) is 3. The number of nitrogens with zero attached hydrogens (tertiary/aromatic N) is 1. The van der Waals surface area contributed by atoms with Gasteiger partial charge in [0.1, 0.15) is 0 Å². The molecule has 1 amide bonds. The smallest absolute Gasteiger partial charge is 0.220 e. The van der Waals surface area contributed by atoms with E-state index in [1.54, 1.807) is 0 Å². The first-order valence-corrected chi connectivity index (χ1v) is 11.7. The maximum atomic E-state index is 12.9. The van der Waals surface area contributed by atoms with Gasteiger partial charge in [-0.05, 0) is 55.1 Å². The molecule has 2 aromatic carbocycles.